The molecule has 4 aromatic rings. The van der Waals surface area contributed by atoms with Gasteiger partial charge in [0, 0.05) is 17.5 Å². The summed E-state index contributed by atoms with van der Waals surface area (Å²) in [6.45, 7) is 3.03. The fraction of sp³-hybridized carbons (Fsp3) is 0.160. The van der Waals surface area contributed by atoms with Crippen LogP contribution >= 0.6 is 11.6 Å². The van der Waals surface area contributed by atoms with Crippen molar-refractivity contribution in [1.29, 1.82) is 0 Å². The molecular weight excluding hydrogens is 488 g/mol. The first-order chi connectivity index (χ1) is 16.6. The Bertz CT molecular complexity index is 1560. The molecule has 35 heavy (non-hydrogen) atoms. The zero-order valence-electron chi connectivity index (χ0n) is 19.3. The minimum Gasteiger partial charge on any atom is -0.493 e. The first-order valence-electron chi connectivity index (χ1n) is 10.7. The molecule has 0 unspecified atom stereocenters. The highest BCUT2D eigenvalue weighted by Gasteiger charge is 2.28. The number of aromatic nitrogens is 1. The van der Waals surface area contributed by atoms with E-state index in [2.05, 4.69) is 10.2 Å². The molecule has 0 fully saturated rings. The number of hydrogen-bond donors (Lipinski definition) is 1. The van der Waals surface area contributed by atoms with E-state index in [1.807, 2.05) is 13.0 Å². The van der Waals surface area contributed by atoms with E-state index in [0.29, 0.717) is 15.9 Å². The number of amides is 1. The van der Waals surface area contributed by atoms with Crippen molar-refractivity contribution >= 4 is 49.8 Å². The number of hydrogen-bond acceptors (Lipinski definition) is 5. The van der Waals surface area contributed by atoms with Gasteiger partial charge in [0.05, 0.1) is 16.1 Å². The molecule has 1 heterocycles. The molecule has 180 valence electrons. The number of fused-ring (bicyclic) bond motifs is 1. The number of aromatic hydroxyl groups is 1. The fourth-order valence-corrected chi connectivity index (χ4v) is 5.19. The largest absolute Gasteiger partial charge is 0.493 e. The third-order valence-corrected chi connectivity index (χ3v) is 7.84. The lowest BCUT2D eigenvalue weighted by Gasteiger charge is -2.23. The molecule has 1 aromatic heterocycles. The van der Waals surface area contributed by atoms with Gasteiger partial charge in [-0.2, -0.15) is 0 Å². The molecule has 0 spiro atoms. The Hall–Kier alpha value is -3.69. The van der Waals surface area contributed by atoms with Crippen LogP contribution < -0.4 is 4.31 Å². The average Bonchev–Trinajstić information content (AvgIpc) is 3.08. The summed E-state index contributed by atoms with van der Waals surface area (Å²) >= 11 is 6.25. The molecule has 0 aliphatic heterocycles. The fourth-order valence-electron chi connectivity index (χ4n) is 3.61. The smallest absolute Gasteiger partial charge is 0.285 e. The number of aryl methyl sites for hydroxylation is 3. The normalized spacial score (nSPS) is 11.9. The van der Waals surface area contributed by atoms with Crippen LogP contribution in [0.5, 0.6) is 5.88 Å². The first kappa shape index (κ1) is 24.4. The van der Waals surface area contributed by atoms with Crippen molar-refractivity contribution in [3.05, 3.63) is 82.9 Å². The van der Waals surface area contributed by atoms with Gasteiger partial charge in [-0.1, -0.05) is 53.6 Å². The molecule has 1 N–H and O–H groups in total. The molecule has 0 aliphatic carbocycles. The van der Waals surface area contributed by atoms with Gasteiger partial charge in [-0.05, 0) is 49.7 Å². The first-order valence-corrected chi connectivity index (χ1v) is 12.5. The van der Waals surface area contributed by atoms with E-state index < -0.39 is 22.5 Å². The summed E-state index contributed by atoms with van der Waals surface area (Å²) in [6, 6.07) is 18.2. The summed E-state index contributed by atoms with van der Waals surface area (Å²) in [4.78, 5) is 12.9. The second-order valence-corrected chi connectivity index (χ2v) is 10.4. The molecule has 3 aromatic carbocycles. The Morgan fingerprint density at radius 1 is 1.06 bits per heavy atom. The summed E-state index contributed by atoms with van der Waals surface area (Å²) in [6.07, 6.45) is 0. The van der Waals surface area contributed by atoms with Crippen LogP contribution in [-0.4, -0.2) is 30.5 Å². The van der Waals surface area contributed by atoms with Crippen LogP contribution in [0.2, 0.25) is 5.02 Å². The molecule has 10 heteroatoms. The molecule has 1 amide bonds. The van der Waals surface area contributed by atoms with Gasteiger partial charge in [0.25, 0.3) is 15.9 Å². The summed E-state index contributed by atoms with van der Waals surface area (Å²) < 4.78 is 29.5. The van der Waals surface area contributed by atoms with Crippen LogP contribution in [0.15, 0.2) is 81.9 Å². The lowest BCUT2D eigenvalue weighted by molar-refractivity contribution is -0.116. The third-order valence-electron chi connectivity index (χ3n) is 5.64. The molecule has 4 rings (SSSR count). The van der Waals surface area contributed by atoms with Crippen molar-refractivity contribution in [2.24, 2.45) is 17.3 Å². The van der Waals surface area contributed by atoms with Crippen molar-refractivity contribution in [2.75, 3.05) is 10.8 Å². The molecule has 0 saturated carbocycles. The van der Waals surface area contributed by atoms with E-state index in [-0.39, 0.29) is 22.2 Å². The average molecular weight is 511 g/mol. The van der Waals surface area contributed by atoms with Crippen LogP contribution in [0, 0.1) is 13.8 Å². The van der Waals surface area contributed by atoms with Gasteiger partial charge in [-0.15, -0.1) is 10.2 Å². The SMILES string of the molecule is Cc1ccc(S(=O)(=O)N(CC(=O)N=Nc2c(O)n(C)c3ccccc23)c2ccc(C)c(Cl)c2)cc1. The molecule has 0 atom stereocenters. The molecule has 0 bridgehead atoms. The number of rotatable bonds is 6. The number of carbonyl (C=O) groups is 1. The summed E-state index contributed by atoms with van der Waals surface area (Å²) in [5.74, 6) is -0.970. The van der Waals surface area contributed by atoms with Crippen molar-refractivity contribution < 1.29 is 18.3 Å². The maximum absolute atomic E-state index is 13.5. The number of benzene rings is 3. The molecule has 0 aliphatic rings. The zero-order chi connectivity index (χ0) is 25.3. The highest BCUT2D eigenvalue weighted by atomic mass is 35.5. The number of sulfonamides is 1. The van der Waals surface area contributed by atoms with Gasteiger partial charge in [0.15, 0.2) is 5.69 Å². The van der Waals surface area contributed by atoms with Crippen LogP contribution in [0.25, 0.3) is 10.9 Å². The zero-order valence-corrected chi connectivity index (χ0v) is 20.9. The highest BCUT2D eigenvalue weighted by Crippen LogP contribution is 2.37. The monoisotopic (exact) mass is 510 g/mol. The topological polar surface area (TPSA) is 104 Å². The summed E-state index contributed by atoms with van der Waals surface area (Å²) in [5, 5.41) is 19.1. The number of nitrogens with zero attached hydrogens (tertiary/aromatic N) is 4. The Kier molecular flexibility index (Phi) is 6.64. The van der Waals surface area contributed by atoms with Crippen LogP contribution in [0.1, 0.15) is 11.1 Å². The molecule has 0 radical (unpaired) electrons. The number of azo groups is 1. The Morgan fingerprint density at radius 3 is 2.43 bits per heavy atom. The summed E-state index contributed by atoms with van der Waals surface area (Å²) in [7, 11) is -2.46. The Balaban J connectivity index is 1.71. The molecular formula is C25H23ClN4O4S. The standard InChI is InChI=1S/C25H23ClN4O4S/c1-16-8-12-19(13-9-16)35(33,34)30(18-11-10-17(2)21(26)14-18)15-23(31)27-28-24-20-6-4-5-7-22(20)29(3)25(24)32/h4-14,32H,15H2,1-3H3. The third kappa shape index (κ3) is 4.78. The quantitative estimate of drug-likeness (QED) is 0.338. The molecule has 8 nitrogen and oxygen atoms in total. The van der Waals surface area contributed by atoms with Gasteiger partial charge >= 0.3 is 0 Å². The maximum Gasteiger partial charge on any atom is 0.285 e. The number of halogens is 1. The highest BCUT2D eigenvalue weighted by molar-refractivity contribution is 7.92. The number of carbonyl (C=O) groups excluding carboxylic acids is 1. The maximum atomic E-state index is 13.5. The van der Waals surface area contributed by atoms with Gasteiger partial charge in [-0.3, -0.25) is 9.10 Å². The Labute approximate surface area is 208 Å². The van der Waals surface area contributed by atoms with Crippen molar-refractivity contribution in [3.63, 3.8) is 0 Å². The van der Waals surface area contributed by atoms with E-state index in [9.17, 15) is 18.3 Å². The van der Waals surface area contributed by atoms with Gasteiger partial charge < -0.3 is 9.67 Å². The second kappa shape index (κ2) is 9.52. The van der Waals surface area contributed by atoms with Crippen molar-refractivity contribution in [3.8, 4) is 5.88 Å². The van der Waals surface area contributed by atoms with Crippen molar-refractivity contribution in [1.82, 2.24) is 4.57 Å². The van der Waals surface area contributed by atoms with Gasteiger partial charge in [0.1, 0.15) is 6.54 Å². The van der Waals surface area contributed by atoms with Gasteiger partial charge in [-0.25, -0.2) is 8.42 Å². The van der Waals surface area contributed by atoms with E-state index >= 15 is 0 Å². The van der Waals surface area contributed by atoms with Crippen LogP contribution in [0.4, 0.5) is 11.4 Å². The number of anilines is 1. The minimum absolute atomic E-state index is 0.0243. The van der Waals surface area contributed by atoms with E-state index in [4.69, 9.17) is 11.6 Å². The lowest BCUT2D eigenvalue weighted by atomic mass is 10.2. The van der Waals surface area contributed by atoms with Crippen LogP contribution in [-0.2, 0) is 21.9 Å². The van der Waals surface area contributed by atoms with Crippen LogP contribution in [0.3, 0.4) is 0 Å². The van der Waals surface area contributed by atoms with Crippen molar-refractivity contribution in [2.45, 2.75) is 18.7 Å². The van der Waals surface area contributed by atoms with E-state index in [0.717, 1.165) is 15.4 Å². The second-order valence-electron chi connectivity index (χ2n) is 8.10. The predicted octanol–water partition coefficient (Wildman–Crippen LogP) is 5.66. The predicted molar refractivity (Wildman–Crippen MR) is 136 cm³/mol. The molecule has 0 saturated heterocycles. The van der Waals surface area contributed by atoms with E-state index in [1.54, 1.807) is 56.4 Å². The Morgan fingerprint density at radius 2 is 1.74 bits per heavy atom. The summed E-state index contributed by atoms with van der Waals surface area (Å²) in [5.41, 5.74) is 2.72. The lowest BCUT2D eigenvalue weighted by Crippen LogP contribution is -2.35. The van der Waals surface area contributed by atoms with Gasteiger partial charge in [0.2, 0.25) is 5.88 Å². The number of para-hydroxylation sites is 1. The van der Waals surface area contributed by atoms with E-state index in [1.165, 1.54) is 22.8 Å². The minimum atomic E-state index is -4.12.